The minimum Gasteiger partial charge on any atom is -0.460 e. The number of aryl methyl sites for hydroxylation is 2. The van der Waals surface area contributed by atoms with Gasteiger partial charge in [-0.2, -0.15) is 5.10 Å². The summed E-state index contributed by atoms with van der Waals surface area (Å²) in [5, 5.41) is 8.79. The van der Waals surface area contributed by atoms with E-state index in [4.69, 9.17) is 27.9 Å². The number of benzene rings is 1. The summed E-state index contributed by atoms with van der Waals surface area (Å²) in [6.45, 7) is 7.40. The van der Waals surface area contributed by atoms with E-state index in [9.17, 15) is 4.79 Å². The van der Waals surface area contributed by atoms with Gasteiger partial charge in [0.1, 0.15) is 5.82 Å². The topological polar surface area (TPSA) is 56.1 Å². The number of fused-ring (bicyclic) bond motifs is 1. The zero-order valence-electron chi connectivity index (χ0n) is 15.4. The molecule has 7 heteroatoms. The molecule has 0 fully saturated rings. The van der Waals surface area contributed by atoms with Crippen LogP contribution < -0.4 is 5.32 Å². The van der Waals surface area contributed by atoms with Crippen molar-refractivity contribution in [3.05, 3.63) is 56.3 Å². The zero-order chi connectivity index (χ0) is 19.2. The smallest absolute Gasteiger partial charge is 0.337 e. The molecule has 3 rings (SSSR count). The van der Waals surface area contributed by atoms with Crippen LogP contribution in [0, 0.1) is 6.92 Å². The number of anilines is 1. The molecule has 2 aromatic rings. The maximum absolute atomic E-state index is 12.9. The van der Waals surface area contributed by atoms with Crippen molar-refractivity contribution in [2.75, 3.05) is 5.32 Å². The summed E-state index contributed by atoms with van der Waals surface area (Å²) in [6, 6.07) is 5.34. The number of carbonyl (C=O) groups excluding carboxylic acids is 1. The first-order valence-corrected chi connectivity index (χ1v) is 9.14. The summed E-state index contributed by atoms with van der Waals surface area (Å²) >= 11 is 13.0. The summed E-state index contributed by atoms with van der Waals surface area (Å²) in [7, 11) is 1.86. The molecule has 1 aliphatic rings. The largest absolute Gasteiger partial charge is 0.460 e. The molecule has 0 spiro atoms. The lowest BCUT2D eigenvalue weighted by molar-refractivity contribution is -0.142. The number of halogens is 2. The predicted octanol–water partition coefficient (Wildman–Crippen LogP) is 4.82. The molecule has 0 saturated carbocycles. The Labute approximate surface area is 162 Å². The Kier molecular flexibility index (Phi) is 5.04. The average molecular weight is 394 g/mol. The Morgan fingerprint density at radius 2 is 1.85 bits per heavy atom. The third-order valence-corrected chi connectivity index (χ3v) is 5.07. The number of hydrogen-bond donors (Lipinski definition) is 1. The summed E-state index contributed by atoms with van der Waals surface area (Å²) < 4.78 is 7.26. The highest BCUT2D eigenvalue weighted by Gasteiger charge is 2.38. The van der Waals surface area contributed by atoms with Crippen molar-refractivity contribution in [3.8, 4) is 0 Å². The van der Waals surface area contributed by atoms with Crippen LogP contribution >= 0.6 is 23.2 Å². The van der Waals surface area contributed by atoms with Crippen molar-refractivity contribution in [1.82, 2.24) is 9.78 Å². The van der Waals surface area contributed by atoms with Gasteiger partial charge < -0.3 is 10.1 Å². The van der Waals surface area contributed by atoms with Gasteiger partial charge in [-0.15, -0.1) is 0 Å². The summed E-state index contributed by atoms with van der Waals surface area (Å²) in [4.78, 5) is 12.9. The molecule has 0 bridgehead atoms. The number of aromatic nitrogens is 2. The average Bonchev–Trinajstić information content (AvgIpc) is 2.80. The van der Waals surface area contributed by atoms with E-state index in [0.717, 1.165) is 17.1 Å². The number of rotatable bonds is 3. The van der Waals surface area contributed by atoms with Crippen LogP contribution in [0.1, 0.15) is 43.5 Å². The van der Waals surface area contributed by atoms with Gasteiger partial charge in [0.2, 0.25) is 0 Å². The van der Waals surface area contributed by atoms with Gasteiger partial charge in [-0.1, -0.05) is 29.3 Å². The van der Waals surface area contributed by atoms with Gasteiger partial charge >= 0.3 is 5.97 Å². The molecule has 0 radical (unpaired) electrons. The fraction of sp³-hybridized carbons (Fsp3) is 0.368. The Morgan fingerprint density at radius 1 is 1.23 bits per heavy atom. The molecule has 0 saturated heterocycles. The molecule has 5 nitrogen and oxygen atoms in total. The van der Waals surface area contributed by atoms with Gasteiger partial charge in [0.05, 0.1) is 23.3 Å². The number of nitrogens with one attached hydrogen (secondary N) is 1. The van der Waals surface area contributed by atoms with E-state index in [0.29, 0.717) is 26.9 Å². The third-order valence-electron chi connectivity index (χ3n) is 4.41. The lowest BCUT2D eigenvalue weighted by atomic mass is 9.81. The van der Waals surface area contributed by atoms with Crippen LogP contribution in [0.2, 0.25) is 10.0 Å². The first kappa shape index (κ1) is 18.8. The maximum atomic E-state index is 12.9. The second kappa shape index (κ2) is 6.97. The second-order valence-corrected chi connectivity index (χ2v) is 7.47. The highest BCUT2D eigenvalue weighted by atomic mass is 35.5. The molecule has 1 N–H and O–H groups in total. The summed E-state index contributed by atoms with van der Waals surface area (Å²) in [5.41, 5.74) is 3.57. The molecule has 1 aromatic carbocycles. The van der Waals surface area contributed by atoms with Gasteiger partial charge in [0.25, 0.3) is 0 Å². The highest BCUT2D eigenvalue weighted by molar-refractivity contribution is 6.36. The van der Waals surface area contributed by atoms with Crippen molar-refractivity contribution >= 4 is 35.0 Å². The first-order chi connectivity index (χ1) is 12.2. The van der Waals surface area contributed by atoms with Crippen LogP contribution in [0.4, 0.5) is 5.82 Å². The lowest BCUT2D eigenvalue weighted by Gasteiger charge is -2.30. The minimum absolute atomic E-state index is 0.235. The predicted molar refractivity (Wildman–Crippen MR) is 104 cm³/mol. The van der Waals surface area contributed by atoms with Crippen molar-refractivity contribution in [2.24, 2.45) is 7.05 Å². The minimum atomic E-state index is -0.451. The summed E-state index contributed by atoms with van der Waals surface area (Å²) in [6.07, 6.45) is -0.235. The van der Waals surface area contributed by atoms with Gasteiger partial charge in [-0.25, -0.2) is 4.79 Å². The van der Waals surface area contributed by atoms with E-state index in [-0.39, 0.29) is 12.1 Å². The van der Waals surface area contributed by atoms with E-state index >= 15 is 0 Å². The molecule has 138 valence electrons. The SMILES string of the molecule is CC1=C(C(=O)OC(C)C)C(c2c(Cl)cccc2Cl)c2c(C)nn(C)c2N1. The Balaban J connectivity index is 2.29. The molecule has 1 atom stereocenters. The Bertz CT molecular complexity index is 895. The Hall–Kier alpha value is -1.98. The normalized spacial score (nSPS) is 16.5. The third kappa shape index (κ3) is 3.10. The molecule has 1 unspecified atom stereocenters. The van der Waals surface area contributed by atoms with E-state index in [1.165, 1.54) is 0 Å². The van der Waals surface area contributed by atoms with Crippen LogP contribution in [0.3, 0.4) is 0 Å². The van der Waals surface area contributed by atoms with Crippen molar-refractivity contribution in [2.45, 2.75) is 39.7 Å². The van der Waals surface area contributed by atoms with Gasteiger partial charge in [-0.05, 0) is 39.8 Å². The van der Waals surface area contributed by atoms with Crippen molar-refractivity contribution in [1.29, 1.82) is 0 Å². The van der Waals surface area contributed by atoms with E-state index < -0.39 is 5.92 Å². The molecule has 26 heavy (non-hydrogen) atoms. The zero-order valence-corrected chi connectivity index (χ0v) is 16.9. The number of ether oxygens (including phenoxy) is 1. The fourth-order valence-corrected chi connectivity index (χ4v) is 4.01. The Morgan fingerprint density at radius 3 is 2.42 bits per heavy atom. The molecule has 0 aliphatic carbocycles. The van der Waals surface area contributed by atoms with Crippen LogP contribution in [0.25, 0.3) is 0 Å². The first-order valence-electron chi connectivity index (χ1n) is 8.38. The van der Waals surface area contributed by atoms with Crippen molar-refractivity contribution in [3.63, 3.8) is 0 Å². The number of allylic oxidation sites excluding steroid dienone is 1. The molecule has 2 heterocycles. The van der Waals surface area contributed by atoms with E-state index in [1.54, 1.807) is 22.9 Å². The molecular weight excluding hydrogens is 373 g/mol. The van der Waals surface area contributed by atoms with Gasteiger partial charge in [0.15, 0.2) is 0 Å². The van der Waals surface area contributed by atoms with Gasteiger partial charge in [-0.3, -0.25) is 4.68 Å². The lowest BCUT2D eigenvalue weighted by Crippen LogP contribution is -2.26. The summed E-state index contributed by atoms with van der Waals surface area (Å²) in [5.74, 6) is -0.0191. The molecule has 1 aromatic heterocycles. The standard InChI is InChI=1S/C19H21Cl2N3O2/c1-9(2)26-19(25)15-10(3)22-18-14(11(4)23-24(18)5)17(15)16-12(20)7-6-8-13(16)21/h6-9,17,22H,1-5H3. The molecule has 0 amide bonds. The highest BCUT2D eigenvalue weighted by Crippen LogP contribution is 2.47. The van der Waals surface area contributed by atoms with E-state index in [2.05, 4.69) is 10.4 Å². The van der Waals surface area contributed by atoms with Crippen LogP contribution in [0.5, 0.6) is 0 Å². The molecular formula is C19H21Cl2N3O2. The molecule has 1 aliphatic heterocycles. The monoisotopic (exact) mass is 393 g/mol. The number of hydrogen-bond acceptors (Lipinski definition) is 4. The quantitative estimate of drug-likeness (QED) is 0.759. The van der Waals surface area contributed by atoms with Crippen LogP contribution in [-0.2, 0) is 16.6 Å². The fourth-order valence-electron chi connectivity index (χ4n) is 3.40. The number of carbonyl (C=O) groups is 1. The maximum Gasteiger partial charge on any atom is 0.337 e. The number of nitrogens with zero attached hydrogens (tertiary/aromatic N) is 2. The van der Waals surface area contributed by atoms with Crippen LogP contribution in [-0.4, -0.2) is 21.9 Å². The van der Waals surface area contributed by atoms with Crippen molar-refractivity contribution < 1.29 is 9.53 Å². The van der Waals surface area contributed by atoms with Gasteiger partial charge in [0, 0.05) is 33.9 Å². The van der Waals surface area contributed by atoms with E-state index in [1.807, 2.05) is 34.7 Å². The number of esters is 1. The second-order valence-electron chi connectivity index (χ2n) is 6.66. The van der Waals surface area contributed by atoms with Crippen LogP contribution in [0.15, 0.2) is 29.5 Å².